The van der Waals surface area contributed by atoms with Crippen LogP contribution in [0.4, 0.5) is 0 Å². The number of thiophene rings is 1. The Labute approximate surface area is 341 Å². The highest BCUT2D eigenvalue weighted by Crippen LogP contribution is 2.43. The van der Waals surface area contributed by atoms with Gasteiger partial charge in [0.05, 0.1) is 27.1 Å². The third kappa shape index (κ3) is 5.72. The highest BCUT2D eigenvalue weighted by atomic mass is 32.1. The quantitative estimate of drug-likeness (QED) is 0.169. The summed E-state index contributed by atoms with van der Waals surface area (Å²) in [5, 5.41) is 5.01. The molecule has 11 aromatic rings. The summed E-state index contributed by atoms with van der Waals surface area (Å²) in [5.41, 5.74) is 17.2. The molecule has 0 spiro atoms. The average Bonchev–Trinajstić information content (AvgIpc) is 3.83. The van der Waals surface area contributed by atoms with Gasteiger partial charge in [0.2, 0.25) is 0 Å². The van der Waals surface area contributed by atoms with Crippen LogP contribution < -0.4 is 0 Å². The van der Waals surface area contributed by atoms with Crippen molar-refractivity contribution >= 4 is 53.3 Å². The number of hydrogen-bond acceptors (Lipinski definition) is 3. The minimum absolute atomic E-state index is 0.967. The van der Waals surface area contributed by atoms with E-state index in [0.29, 0.717) is 0 Å². The van der Waals surface area contributed by atoms with Gasteiger partial charge in [-0.15, -0.1) is 11.3 Å². The van der Waals surface area contributed by atoms with Crippen molar-refractivity contribution in [3.05, 3.63) is 199 Å². The van der Waals surface area contributed by atoms with Gasteiger partial charge in [0, 0.05) is 61.0 Å². The molecule has 0 amide bonds. The minimum atomic E-state index is 0.967. The van der Waals surface area contributed by atoms with Crippen LogP contribution in [0.2, 0.25) is 0 Å². The lowest BCUT2D eigenvalue weighted by Crippen LogP contribution is -1.96. The molecular formula is C54H37N3S. The first-order chi connectivity index (χ1) is 28.6. The molecule has 58 heavy (non-hydrogen) atoms. The number of aryl methyl sites for hydroxylation is 1. The van der Waals surface area contributed by atoms with E-state index in [0.717, 1.165) is 39.2 Å². The zero-order valence-electron chi connectivity index (χ0n) is 32.1. The first kappa shape index (κ1) is 34.1. The van der Waals surface area contributed by atoms with E-state index >= 15 is 0 Å². The highest BCUT2D eigenvalue weighted by molar-refractivity contribution is 7.25. The highest BCUT2D eigenvalue weighted by Gasteiger charge is 2.18. The van der Waals surface area contributed by atoms with Gasteiger partial charge in [-0.25, -0.2) is 4.98 Å². The van der Waals surface area contributed by atoms with E-state index in [1.807, 2.05) is 12.4 Å². The number of aromatic nitrogens is 3. The zero-order chi connectivity index (χ0) is 38.7. The fourth-order valence-electron chi connectivity index (χ4n) is 8.62. The number of para-hydroxylation sites is 1. The molecule has 0 aliphatic carbocycles. The van der Waals surface area contributed by atoms with Crippen molar-refractivity contribution in [1.82, 2.24) is 14.5 Å². The number of rotatable bonds is 6. The van der Waals surface area contributed by atoms with Gasteiger partial charge in [-0.05, 0) is 95.8 Å². The monoisotopic (exact) mass is 759 g/mol. The Bertz CT molecular complexity index is 3320. The average molecular weight is 760 g/mol. The van der Waals surface area contributed by atoms with Gasteiger partial charge < -0.3 is 4.57 Å². The van der Waals surface area contributed by atoms with Gasteiger partial charge in [-0.3, -0.25) is 4.98 Å². The second kappa shape index (κ2) is 13.8. The molecule has 0 saturated heterocycles. The van der Waals surface area contributed by atoms with Crippen molar-refractivity contribution in [2.24, 2.45) is 0 Å². The summed E-state index contributed by atoms with van der Waals surface area (Å²) >= 11 is 1.81. The fraction of sp³-hybridized carbons (Fsp3) is 0.0370. The molecule has 0 fully saturated rings. The van der Waals surface area contributed by atoms with E-state index in [4.69, 9.17) is 9.97 Å². The van der Waals surface area contributed by atoms with Crippen molar-refractivity contribution < 1.29 is 0 Å². The van der Waals surface area contributed by atoms with E-state index in [-0.39, 0.29) is 0 Å². The normalized spacial score (nSPS) is 11.6. The standard InChI is InChI=1S/C54H37N3S/c1-34-17-25-42(26-18-34)57-49-16-10-9-15-43(49)45-29-40(23-27-50(45)57)41-24-28-51-46(30-41)53-47(32-55-33-52(53)58-51)37-19-21-39(22-20-37)54-35(2)44(36-11-5-3-6-12-36)31-48(56-54)38-13-7-4-8-14-38/h3-33H,1-2H3. The van der Waals surface area contributed by atoms with Crippen LogP contribution in [-0.4, -0.2) is 14.5 Å². The largest absolute Gasteiger partial charge is 0.309 e. The van der Waals surface area contributed by atoms with Crippen LogP contribution in [0.25, 0.3) is 104 Å². The first-order valence-electron chi connectivity index (χ1n) is 19.7. The van der Waals surface area contributed by atoms with Crippen LogP contribution in [-0.2, 0) is 0 Å². The maximum Gasteiger partial charge on any atom is 0.0744 e. The third-order valence-corrected chi connectivity index (χ3v) is 12.7. The summed E-state index contributed by atoms with van der Waals surface area (Å²) in [6.45, 7) is 4.32. The van der Waals surface area contributed by atoms with Crippen molar-refractivity contribution in [3.63, 3.8) is 0 Å². The Kier molecular flexibility index (Phi) is 8.12. The van der Waals surface area contributed by atoms with E-state index in [9.17, 15) is 0 Å². The molecule has 11 rings (SSSR count). The van der Waals surface area contributed by atoms with E-state index in [1.54, 1.807) is 11.3 Å². The van der Waals surface area contributed by atoms with Crippen LogP contribution in [0.15, 0.2) is 188 Å². The molecule has 0 bridgehead atoms. The van der Waals surface area contributed by atoms with Gasteiger partial charge in [0.15, 0.2) is 0 Å². The van der Waals surface area contributed by atoms with Gasteiger partial charge in [0.25, 0.3) is 0 Å². The van der Waals surface area contributed by atoms with Crippen LogP contribution in [0.5, 0.6) is 0 Å². The number of benzene rings is 7. The fourth-order valence-corrected chi connectivity index (χ4v) is 9.70. The predicted octanol–water partition coefficient (Wildman–Crippen LogP) is 14.9. The zero-order valence-corrected chi connectivity index (χ0v) is 33.0. The summed E-state index contributed by atoms with van der Waals surface area (Å²) in [7, 11) is 0. The summed E-state index contributed by atoms with van der Waals surface area (Å²) in [4.78, 5) is 10.0. The Morgan fingerprint density at radius 2 is 1.07 bits per heavy atom. The maximum absolute atomic E-state index is 5.27. The number of fused-ring (bicyclic) bond motifs is 6. The van der Waals surface area contributed by atoms with Gasteiger partial charge in [0.1, 0.15) is 0 Å². The van der Waals surface area contributed by atoms with Gasteiger partial charge in [-0.1, -0.05) is 133 Å². The molecule has 0 N–H and O–H groups in total. The molecule has 4 aromatic heterocycles. The molecule has 0 aliphatic rings. The SMILES string of the molecule is Cc1ccc(-n2c3ccccc3c3cc(-c4ccc5sc6cncc(-c7ccc(-c8nc(-c9ccccc9)cc(-c9ccccc9)c8C)cc7)c6c5c4)ccc32)cc1. The van der Waals surface area contributed by atoms with Gasteiger partial charge in [-0.2, -0.15) is 0 Å². The Morgan fingerprint density at radius 1 is 0.448 bits per heavy atom. The summed E-state index contributed by atoms with van der Waals surface area (Å²) in [6.07, 6.45) is 4.03. The molecule has 4 heterocycles. The predicted molar refractivity (Wildman–Crippen MR) is 246 cm³/mol. The molecule has 274 valence electrons. The Balaban J connectivity index is 1.01. The van der Waals surface area contributed by atoms with Crippen LogP contribution >= 0.6 is 11.3 Å². The van der Waals surface area contributed by atoms with Crippen LogP contribution in [0, 0.1) is 13.8 Å². The smallest absolute Gasteiger partial charge is 0.0744 e. The first-order valence-corrected chi connectivity index (χ1v) is 20.5. The number of hydrogen-bond donors (Lipinski definition) is 0. The van der Waals surface area contributed by atoms with Crippen LogP contribution in [0.1, 0.15) is 11.1 Å². The molecule has 0 saturated carbocycles. The number of nitrogens with zero attached hydrogens (tertiary/aromatic N) is 3. The van der Waals surface area contributed by atoms with E-state index in [2.05, 4.69) is 194 Å². The van der Waals surface area contributed by atoms with E-state index < -0.39 is 0 Å². The van der Waals surface area contributed by atoms with Crippen LogP contribution in [0.3, 0.4) is 0 Å². The maximum atomic E-state index is 5.27. The van der Waals surface area contributed by atoms with E-state index in [1.165, 1.54) is 75.5 Å². The summed E-state index contributed by atoms with van der Waals surface area (Å²) in [5.74, 6) is 0. The summed E-state index contributed by atoms with van der Waals surface area (Å²) < 4.78 is 4.83. The van der Waals surface area contributed by atoms with Gasteiger partial charge >= 0.3 is 0 Å². The Hall–Kier alpha value is -7.14. The molecule has 0 radical (unpaired) electrons. The second-order valence-corrected chi connectivity index (χ2v) is 16.2. The second-order valence-electron chi connectivity index (χ2n) is 15.1. The molecule has 0 atom stereocenters. The molecule has 3 nitrogen and oxygen atoms in total. The minimum Gasteiger partial charge on any atom is -0.309 e. The summed E-state index contributed by atoms with van der Waals surface area (Å²) in [6, 6.07) is 63.6. The van der Waals surface area contributed by atoms with Crippen molar-refractivity contribution in [1.29, 1.82) is 0 Å². The molecule has 0 aliphatic heterocycles. The Morgan fingerprint density at radius 3 is 1.84 bits per heavy atom. The molecule has 4 heteroatoms. The third-order valence-electron chi connectivity index (χ3n) is 11.6. The lowest BCUT2D eigenvalue weighted by atomic mass is 9.93. The topological polar surface area (TPSA) is 30.7 Å². The van der Waals surface area contributed by atoms with Crippen molar-refractivity contribution in [2.75, 3.05) is 0 Å². The lowest BCUT2D eigenvalue weighted by molar-refractivity contribution is 1.17. The molecule has 7 aromatic carbocycles. The van der Waals surface area contributed by atoms with Crippen molar-refractivity contribution in [3.8, 4) is 61.6 Å². The molecular weight excluding hydrogens is 723 g/mol. The number of pyridine rings is 2. The lowest BCUT2D eigenvalue weighted by Gasteiger charge is -2.15. The van der Waals surface area contributed by atoms with Crippen molar-refractivity contribution in [2.45, 2.75) is 13.8 Å². The molecule has 0 unspecified atom stereocenters.